The quantitative estimate of drug-likeness (QED) is 0.325. The van der Waals surface area contributed by atoms with E-state index in [4.69, 9.17) is 21.4 Å². The molecule has 0 saturated carbocycles. The Bertz CT molecular complexity index is 1450. The maximum atomic E-state index is 15.3. The van der Waals surface area contributed by atoms with E-state index in [1.165, 1.54) is 17.8 Å². The molecule has 2 aliphatic heterocycles. The van der Waals surface area contributed by atoms with Crippen molar-refractivity contribution in [3.8, 4) is 5.75 Å². The molecule has 0 aliphatic carbocycles. The first kappa shape index (κ1) is 21.3. The maximum Gasteiger partial charge on any atom is 0.227 e. The van der Waals surface area contributed by atoms with Crippen LogP contribution in [-0.2, 0) is 0 Å². The third-order valence-corrected chi connectivity index (χ3v) is 6.95. The van der Waals surface area contributed by atoms with Gasteiger partial charge in [0.1, 0.15) is 23.7 Å². The second-order valence-corrected chi connectivity index (χ2v) is 9.50. The van der Waals surface area contributed by atoms with Crippen LogP contribution in [0, 0.1) is 12.7 Å². The summed E-state index contributed by atoms with van der Waals surface area (Å²) < 4.78 is 23.6. The van der Waals surface area contributed by atoms with Gasteiger partial charge in [-0.15, -0.1) is 5.10 Å². The first-order chi connectivity index (χ1) is 16.5. The Balaban J connectivity index is 1.66. The summed E-state index contributed by atoms with van der Waals surface area (Å²) >= 11 is 7.82. The number of hydrogen-bond donors (Lipinski definition) is 1. The van der Waals surface area contributed by atoms with E-state index in [1.807, 2.05) is 49.6 Å². The fourth-order valence-corrected chi connectivity index (χ4v) is 5.10. The molecule has 6 rings (SSSR count). The zero-order valence-electron chi connectivity index (χ0n) is 18.4. The summed E-state index contributed by atoms with van der Waals surface area (Å²) in [6.07, 6.45) is 1.46. The van der Waals surface area contributed by atoms with Crippen molar-refractivity contribution < 1.29 is 9.13 Å². The molecular formula is C26H20ClFN4OS. The van der Waals surface area contributed by atoms with E-state index in [0.717, 1.165) is 28.0 Å². The van der Waals surface area contributed by atoms with E-state index in [0.29, 0.717) is 27.4 Å². The summed E-state index contributed by atoms with van der Waals surface area (Å²) in [6.45, 7) is 2.05. The van der Waals surface area contributed by atoms with Crippen LogP contribution in [0.15, 0.2) is 77.5 Å². The van der Waals surface area contributed by atoms with Crippen molar-refractivity contribution in [1.29, 1.82) is 0 Å². The van der Waals surface area contributed by atoms with Crippen LogP contribution >= 0.6 is 23.4 Å². The minimum Gasteiger partial charge on any atom is -0.480 e. The zero-order valence-corrected chi connectivity index (χ0v) is 20.0. The molecule has 0 unspecified atom stereocenters. The SMILES string of the molecule is CSc1nc2n(n1)[C@H](c1ccccc1F)C1=C(N2)c2cc(Cl)ccc2O[C@H]1c1ccc(C)cc1. The van der Waals surface area contributed by atoms with Crippen molar-refractivity contribution in [2.45, 2.75) is 24.2 Å². The standard InChI is InChI=1S/C26H20ClFN4OS/c1-14-7-9-15(10-8-14)24-21-22(18-13-16(27)11-12-20(18)33-24)29-25-30-26(34-2)31-32(25)23(21)17-5-3-4-6-19(17)28/h3-13,23-24H,1-2H3,(H,29,30,31)/t23-,24+/m1/s1. The Morgan fingerprint density at radius 3 is 2.65 bits per heavy atom. The van der Waals surface area contributed by atoms with E-state index in [9.17, 15) is 0 Å². The van der Waals surface area contributed by atoms with Crippen LogP contribution in [0.5, 0.6) is 5.75 Å². The summed E-state index contributed by atoms with van der Waals surface area (Å²) in [4.78, 5) is 4.64. The van der Waals surface area contributed by atoms with Crippen LogP contribution in [0.2, 0.25) is 5.02 Å². The molecule has 0 amide bonds. The number of hydrogen-bond acceptors (Lipinski definition) is 5. The van der Waals surface area contributed by atoms with Gasteiger partial charge in [0.15, 0.2) is 0 Å². The predicted molar refractivity (Wildman–Crippen MR) is 133 cm³/mol. The number of nitrogens with one attached hydrogen (secondary N) is 1. The van der Waals surface area contributed by atoms with Gasteiger partial charge >= 0.3 is 0 Å². The van der Waals surface area contributed by atoms with Crippen LogP contribution in [0.1, 0.15) is 34.4 Å². The molecule has 0 saturated heterocycles. The summed E-state index contributed by atoms with van der Waals surface area (Å²) in [7, 11) is 0. The molecule has 0 spiro atoms. The van der Waals surface area contributed by atoms with Crippen molar-refractivity contribution in [2.75, 3.05) is 11.6 Å². The Labute approximate surface area is 205 Å². The molecule has 1 N–H and O–H groups in total. The largest absolute Gasteiger partial charge is 0.480 e. The molecule has 5 nitrogen and oxygen atoms in total. The number of ether oxygens (including phenoxy) is 1. The highest BCUT2D eigenvalue weighted by Crippen LogP contribution is 2.51. The average molecular weight is 491 g/mol. The van der Waals surface area contributed by atoms with E-state index in [1.54, 1.807) is 16.8 Å². The van der Waals surface area contributed by atoms with Crippen molar-refractivity contribution >= 4 is 35.0 Å². The number of fused-ring (bicyclic) bond motifs is 3. The monoisotopic (exact) mass is 490 g/mol. The van der Waals surface area contributed by atoms with Gasteiger partial charge in [-0.3, -0.25) is 0 Å². The van der Waals surface area contributed by atoms with Crippen molar-refractivity contribution in [3.05, 3.63) is 105 Å². The predicted octanol–water partition coefficient (Wildman–Crippen LogP) is 6.66. The third kappa shape index (κ3) is 3.38. The normalized spacial score (nSPS) is 18.5. The lowest BCUT2D eigenvalue weighted by Gasteiger charge is -2.39. The van der Waals surface area contributed by atoms with E-state index < -0.39 is 12.1 Å². The Hall–Kier alpha value is -3.29. The molecule has 34 heavy (non-hydrogen) atoms. The molecule has 2 aliphatic rings. The van der Waals surface area contributed by atoms with E-state index in [-0.39, 0.29) is 5.82 Å². The Morgan fingerprint density at radius 1 is 1.09 bits per heavy atom. The second kappa shape index (κ2) is 8.18. The molecule has 0 radical (unpaired) electrons. The van der Waals surface area contributed by atoms with Gasteiger partial charge in [-0.05, 0) is 43.0 Å². The molecule has 3 aromatic carbocycles. The van der Waals surface area contributed by atoms with Crippen LogP contribution in [0.3, 0.4) is 0 Å². The highest BCUT2D eigenvalue weighted by Gasteiger charge is 2.42. The number of aromatic nitrogens is 3. The van der Waals surface area contributed by atoms with Crippen LogP contribution < -0.4 is 10.1 Å². The van der Waals surface area contributed by atoms with Gasteiger partial charge < -0.3 is 10.1 Å². The molecule has 4 aromatic rings. The zero-order chi connectivity index (χ0) is 23.4. The van der Waals surface area contributed by atoms with Crippen LogP contribution in [-0.4, -0.2) is 21.0 Å². The van der Waals surface area contributed by atoms with Gasteiger partial charge in [-0.25, -0.2) is 9.07 Å². The molecule has 8 heteroatoms. The van der Waals surface area contributed by atoms with Gasteiger partial charge in [0.2, 0.25) is 11.1 Å². The Kier molecular flexibility index (Phi) is 5.12. The first-order valence-electron chi connectivity index (χ1n) is 10.8. The number of anilines is 1. The van der Waals surface area contributed by atoms with Gasteiger partial charge in [0.25, 0.3) is 0 Å². The fraction of sp³-hybridized carbons (Fsp3) is 0.154. The van der Waals surface area contributed by atoms with Crippen LogP contribution in [0.4, 0.5) is 10.3 Å². The van der Waals surface area contributed by atoms with E-state index in [2.05, 4.69) is 22.4 Å². The Morgan fingerprint density at radius 2 is 1.88 bits per heavy atom. The smallest absolute Gasteiger partial charge is 0.227 e. The number of rotatable bonds is 3. The average Bonchev–Trinajstić information content (AvgIpc) is 3.26. The number of halogens is 2. The number of benzene rings is 3. The lowest BCUT2D eigenvalue weighted by atomic mass is 9.84. The highest BCUT2D eigenvalue weighted by molar-refractivity contribution is 7.98. The van der Waals surface area contributed by atoms with Gasteiger partial charge in [-0.1, -0.05) is 71.4 Å². The molecule has 0 fully saturated rings. The maximum absolute atomic E-state index is 15.3. The molecule has 1 aromatic heterocycles. The lowest BCUT2D eigenvalue weighted by Crippen LogP contribution is -2.32. The molecule has 170 valence electrons. The van der Waals surface area contributed by atoms with Crippen molar-refractivity contribution in [1.82, 2.24) is 14.8 Å². The van der Waals surface area contributed by atoms with Gasteiger partial charge in [0, 0.05) is 21.7 Å². The highest BCUT2D eigenvalue weighted by atomic mass is 35.5. The molecule has 3 heterocycles. The minimum absolute atomic E-state index is 0.312. The fourth-order valence-electron chi connectivity index (χ4n) is 4.58. The lowest BCUT2D eigenvalue weighted by molar-refractivity contribution is 0.222. The summed E-state index contributed by atoms with van der Waals surface area (Å²) in [6, 6.07) is 20.0. The number of thioether (sulfide) groups is 1. The van der Waals surface area contributed by atoms with Gasteiger partial charge in [-0.2, -0.15) is 4.98 Å². The second-order valence-electron chi connectivity index (χ2n) is 8.30. The molecule has 0 bridgehead atoms. The van der Waals surface area contributed by atoms with Crippen molar-refractivity contribution in [2.24, 2.45) is 0 Å². The summed E-state index contributed by atoms with van der Waals surface area (Å²) in [5, 5.41) is 9.35. The van der Waals surface area contributed by atoms with E-state index >= 15 is 4.39 Å². The minimum atomic E-state index is -0.556. The molecular weight excluding hydrogens is 471 g/mol. The summed E-state index contributed by atoms with van der Waals surface area (Å²) in [5.41, 5.74) is 5.10. The first-order valence-corrected chi connectivity index (χ1v) is 12.4. The summed E-state index contributed by atoms with van der Waals surface area (Å²) in [5.74, 6) is 0.936. The van der Waals surface area contributed by atoms with Crippen LogP contribution in [0.25, 0.3) is 5.70 Å². The number of nitrogens with zero attached hydrogens (tertiary/aromatic N) is 3. The number of aryl methyl sites for hydroxylation is 1. The van der Waals surface area contributed by atoms with Gasteiger partial charge in [0.05, 0.1) is 5.70 Å². The topological polar surface area (TPSA) is 52.0 Å². The third-order valence-electron chi connectivity index (χ3n) is 6.18. The molecule has 2 atom stereocenters. The van der Waals surface area contributed by atoms with Crippen molar-refractivity contribution in [3.63, 3.8) is 0 Å².